The van der Waals surface area contributed by atoms with Crippen molar-refractivity contribution in [3.05, 3.63) is 51.2 Å². The van der Waals surface area contributed by atoms with E-state index in [-0.39, 0.29) is 6.42 Å². The van der Waals surface area contributed by atoms with Crippen LogP contribution in [0.25, 0.3) is 0 Å². The van der Waals surface area contributed by atoms with Gasteiger partial charge in [-0.05, 0) is 0 Å². The van der Waals surface area contributed by atoms with Crippen LogP contribution in [0, 0.1) is 29.1 Å². The van der Waals surface area contributed by atoms with E-state index in [0.29, 0.717) is 4.88 Å². The zero-order chi connectivity index (χ0) is 14.2. The van der Waals surface area contributed by atoms with Gasteiger partial charge in [0.05, 0.1) is 17.2 Å². The van der Waals surface area contributed by atoms with Crippen molar-refractivity contribution in [1.82, 2.24) is 4.98 Å². The molecule has 0 aliphatic rings. The summed E-state index contributed by atoms with van der Waals surface area (Å²) in [5.41, 5.74) is 0.186. The van der Waals surface area contributed by atoms with Crippen LogP contribution in [0.5, 0.6) is 0 Å². The maximum Gasteiger partial charge on any atom is 0.200 e. The minimum absolute atomic E-state index is 0.289. The van der Waals surface area contributed by atoms with E-state index in [2.05, 4.69) is 4.98 Å². The van der Waals surface area contributed by atoms with Crippen LogP contribution in [-0.2, 0) is 6.42 Å². The summed E-state index contributed by atoms with van der Waals surface area (Å²) in [6, 6.07) is 0. The molecule has 8 heteroatoms. The van der Waals surface area contributed by atoms with E-state index in [1.807, 2.05) is 0 Å². The summed E-state index contributed by atoms with van der Waals surface area (Å²) in [7, 11) is 0. The highest BCUT2D eigenvalue weighted by atomic mass is 32.1. The van der Waals surface area contributed by atoms with E-state index in [0.717, 1.165) is 11.3 Å². The fourth-order valence-corrected chi connectivity index (χ4v) is 2.18. The number of aliphatic hydroxyl groups is 1. The lowest BCUT2D eigenvalue weighted by atomic mass is 10.0. The summed E-state index contributed by atoms with van der Waals surface area (Å²) >= 11 is 1.09. The van der Waals surface area contributed by atoms with Gasteiger partial charge >= 0.3 is 0 Å². The minimum atomic E-state index is -2.25. The smallest absolute Gasteiger partial charge is 0.200 e. The molecule has 0 aliphatic heterocycles. The SMILES string of the molecule is OC(Cc1cncs1)c1c(F)c(F)c(F)c(F)c1F. The first-order chi connectivity index (χ1) is 8.93. The monoisotopic (exact) mass is 295 g/mol. The second kappa shape index (κ2) is 5.22. The molecule has 19 heavy (non-hydrogen) atoms. The molecule has 1 atom stereocenters. The fraction of sp³-hybridized carbons (Fsp3) is 0.182. The highest BCUT2D eigenvalue weighted by Crippen LogP contribution is 2.30. The van der Waals surface area contributed by atoms with Gasteiger partial charge in [-0.15, -0.1) is 11.3 Å². The minimum Gasteiger partial charge on any atom is -0.388 e. The third kappa shape index (κ3) is 2.45. The Kier molecular flexibility index (Phi) is 3.81. The summed E-state index contributed by atoms with van der Waals surface area (Å²) in [6.07, 6.45) is -0.798. The highest BCUT2D eigenvalue weighted by molar-refractivity contribution is 7.09. The molecule has 0 saturated carbocycles. The summed E-state index contributed by atoms with van der Waals surface area (Å²) < 4.78 is 65.5. The van der Waals surface area contributed by atoms with E-state index >= 15 is 0 Å². The van der Waals surface area contributed by atoms with Gasteiger partial charge < -0.3 is 5.11 Å². The average Bonchev–Trinajstić information content (AvgIpc) is 2.87. The standard InChI is InChI=1S/C11H6F5NOS/c12-7-6(5(18)1-4-2-17-3-19-4)8(13)10(15)11(16)9(7)14/h2-3,5,18H,1H2. The Morgan fingerprint density at radius 1 is 1.00 bits per heavy atom. The molecule has 0 amide bonds. The molecule has 1 N–H and O–H groups in total. The van der Waals surface area contributed by atoms with Gasteiger partial charge in [-0.2, -0.15) is 0 Å². The number of hydrogen-bond donors (Lipinski definition) is 1. The first-order valence-electron chi connectivity index (χ1n) is 5.00. The van der Waals surface area contributed by atoms with Crippen LogP contribution >= 0.6 is 11.3 Å². The molecule has 1 unspecified atom stereocenters. The molecule has 1 aromatic carbocycles. The van der Waals surface area contributed by atoms with Crippen LogP contribution in [0.2, 0.25) is 0 Å². The van der Waals surface area contributed by atoms with E-state index in [9.17, 15) is 27.1 Å². The number of benzene rings is 1. The van der Waals surface area contributed by atoms with Gasteiger partial charge in [-0.25, -0.2) is 22.0 Å². The van der Waals surface area contributed by atoms with Gasteiger partial charge in [0.15, 0.2) is 23.3 Å². The zero-order valence-electron chi connectivity index (χ0n) is 9.13. The van der Waals surface area contributed by atoms with E-state index in [4.69, 9.17) is 0 Å². The number of nitrogens with zero attached hydrogens (tertiary/aromatic N) is 1. The van der Waals surface area contributed by atoms with Crippen LogP contribution in [0.15, 0.2) is 11.7 Å². The van der Waals surface area contributed by atoms with Crippen molar-refractivity contribution in [3.8, 4) is 0 Å². The Hall–Kier alpha value is -1.54. The van der Waals surface area contributed by atoms with Crippen molar-refractivity contribution in [2.75, 3.05) is 0 Å². The summed E-state index contributed by atoms with van der Waals surface area (Å²) in [6.45, 7) is 0. The molecular formula is C11H6F5NOS. The number of halogens is 5. The molecule has 0 saturated heterocycles. The van der Waals surface area contributed by atoms with Gasteiger partial charge in [0.2, 0.25) is 5.82 Å². The van der Waals surface area contributed by atoms with Gasteiger partial charge in [0.25, 0.3) is 0 Å². The Labute approximate surface area is 108 Å². The normalized spacial score (nSPS) is 12.7. The molecule has 1 heterocycles. The van der Waals surface area contributed by atoms with E-state index in [1.54, 1.807) is 0 Å². The Balaban J connectivity index is 2.44. The first-order valence-corrected chi connectivity index (χ1v) is 5.88. The Bertz CT molecular complexity index is 573. The Morgan fingerprint density at radius 3 is 2.00 bits per heavy atom. The quantitative estimate of drug-likeness (QED) is 0.536. The van der Waals surface area contributed by atoms with Crippen LogP contribution < -0.4 is 0 Å². The topological polar surface area (TPSA) is 33.1 Å². The molecule has 2 nitrogen and oxygen atoms in total. The van der Waals surface area contributed by atoms with Crippen molar-refractivity contribution in [2.24, 2.45) is 0 Å². The predicted octanol–water partition coefficient (Wildman–Crippen LogP) is 3.11. The van der Waals surface area contributed by atoms with Crippen LogP contribution in [-0.4, -0.2) is 10.1 Å². The average molecular weight is 295 g/mol. The molecule has 0 fully saturated rings. The van der Waals surface area contributed by atoms with Gasteiger partial charge in [0.1, 0.15) is 0 Å². The lowest BCUT2D eigenvalue weighted by Gasteiger charge is -2.13. The molecule has 0 aliphatic carbocycles. The molecule has 0 bridgehead atoms. The third-order valence-electron chi connectivity index (χ3n) is 2.45. The molecule has 2 aromatic rings. The van der Waals surface area contributed by atoms with Gasteiger partial charge in [-0.3, -0.25) is 4.98 Å². The summed E-state index contributed by atoms with van der Waals surface area (Å²) in [5.74, 6) is -10.4. The molecular weight excluding hydrogens is 289 g/mol. The molecule has 0 radical (unpaired) electrons. The highest BCUT2D eigenvalue weighted by Gasteiger charge is 2.29. The number of rotatable bonds is 3. The van der Waals surface area contributed by atoms with Crippen molar-refractivity contribution >= 4 is 11.3 Å². The number of aliphatic hydroxyl groups excluding tert-OH is 1. The van der Waals surface area contributed by atoms with Crippen LogP contribution in [0.3, 0.4) is 0 Å². The second-order valence-corrected chi connectivity index (χ2v) is 4.64. The number of thiazole rings is 1. The third-order valence-corrected chi connectivity index (χ3v) is 3.26. The largest absolute Gasteiger partial charge is 0.388 e. The maximum atomic E-state index is 13.4. The molecule has 0 spiro atoms. The van der Waals surface area contributed by atoms with Gasteiger partial charge in [-0.1, -0.05) is 0 Å². The van der Waals surface area contributed by atoms with Crippen molar-refractivity contribution in [1.29, 1.82) is 0 Å². The maximum absolute atomic E-state index is 13.4. The number of hydrogen-bond acceptors (Lipinski definition) is 3. The van der Waals surface area contributed by atoms with Gasteiger partial charge in [0, 0.05) is 17.5 Å². The van der Waals surface area contributed by atoms with Crippen LogP contribution in [0.4, 0.5) is 22.0 Å². The van der Waals surface area contributed by atoms with E-state index < -0.39 is 40.8 Å². The van der Waals surface area contributed by atoms with Crippen LogP contribution in [0.1, 0.15) is 16.5 Å². The molecule has 102 valence electrons. The number of aromatic nitrogens is 1. The first kappa shape index (κ1) is 13.9. The van der Waals surface area contributed by atoms with E-state index in [1.165, 1.54) is 11.7 Å². The lowest BCUT2D eigenvalue weighted by Crippen LogP contribution is -2.12. The zero-order valence-corrected chi connectivity index (χ0v) is 9.95. The van der Waals surface area contributed by atoms with Crippen molar-refractivity contribution < 1.29 is 27.1 Å². The van der Waals surface area contributed by atoms with Crippen molar-refractivity contribution in [2.45, 2.75) is 12.5 Å². The fourth-order valence-electron chi connectivity index (χ4n) is 1.55. The molecule has 2 rings (SSSR count). The second-order valence-electron chi connectivity index (χ2n) is 3.67. The predicted molar refractivity (Wildman–Crippen MR) is 57.0 cm³/mol. The summed E-state index contributed by atoms with van der Waals surface area (Å²) in [4.78, 5) is 4.13. The van der Waals surface area contributed by atoms with Crippen molar-refractivity contribution in [3.63, 3.8) is 0 Å². The molecule has 1 aromatic heterocycles. The summed E-state index contributed by atoms with van der Waals surface area (Å²) in [5, 5.41) is 9.64. The Morgan fingerprint density at radius 2 is 1.53 bits per heavy atom. The lowest BCUT2D eigenvalue weighted by molar-refractivity contribution is 0.164.